The first kappa shape index (κ1) is 18.2. The van der Waals surface area contributed by atoms with E-state index in [0.29, 0.717) is 6.42 Å². The van der Waals surface area contributed by atoms with E-state index >= 15 is 0 Å². The second kappa shape index (κ2) is 7.73. The molecule has 0 unspecified atom stereocenters. The van der Waals surface area contributed by atoms with Crippen molar-refractivity contribution in [3.05, 3.63) is 58.9 Å². The highest BCUT2D eigenvalue weighted by Gasteiger charge is 2.17. The van der Waals surface area contributed by atoms with Crippen LogP contribution in [0.25, 0.3) is 16.9 Å². The van der Waals surface area contributed by atoms with Gasteiger partial charge in [-0.1, -0.05) is 25.5 Å². The molecule has 1 amide bonds. The summed E-state index contributed by atoms with van der Waals surface area (Å²) in [5, 5.41) is 3.02. The Bertz CT molecular complexity index is 940. The summed E-state index contributed by atoms with van der Waals surface area (Å²) in [5.74, 6) is 0.0471. The zero-order chi connectivity index (χ0) is 18.7. The van der Waals surface area contributed by atoms with E-state index in [-0.39, 0.29) is 5.91 Å². The van der Waals surface area contributed by atoms with Gasteiger partial charge in [0.2, 0.25) is 5.91 Å². The molecule has 1 N–H and O–H groups in total. The van der Waals surface area contributed by atoms with Crippen LogP contribution < -0.4 is 5.32 Å². The fourth-order valence-corrected chi connectivity index (χ4v) is 3.11. The van der Waals surface area contributed by atoms with E-state index < -0.39 is 0 Å². The van der Waals surface area contributed by atoms with Crippen LogP contribution in [0, 0.1) is 20.8 Å². The van der Waals surface area contributed by atoms with Gasteiger partial charge < -0.3 is 9.72 Å². The summed E-state index contributed by atoms with van der Waals surface area (Å²) >= 11 is 0. The third-order valence-electron chi connectivity index (χ3n) is 4.84. The molecule has 26 heavy (non-hydrogen) atoms. The molecule has 0 fully saturated rings. The van der Waals surface area contributed by atoms with Crippen LogP contribution in [0.4, 0.5) is 0 Å². The lowest BCUT2D eigenvalue weighted by molar-refractivity contribution is -0.120. The number of amides is 1. The lowest BCUT2D eigenvalue weighted by atomic mass is 10.0. The van der Waals surface area contributed by atoms with E-state index in [4.69, 9.17) is 4.98 Å². The quantitative estimate of drug-likeness (QED) is 0.671. The maximum absolute atomic E-state index is 12.4. The molecule has 2 aromatic heterocycles. The summed E-state index contributed by atoms with van der Waals surface area (Å²) in [6, 6.07) is 10.5. The highest BCUT2D eigenvalue weighted by atomic mass is 16.1. The number of nitrogens with one attached hydrogen (secondary N) is 1. The number of benzene rings is 1. The molecule has 1 aromatic carbocycles. The second-order valence-corrected chi connectivity index (χ2v) is 7.02. The van der Waals surface area contributed by atoms with E-state index in [0.717, 1.165) is 47.5 Å². The third-order valence-corrected chi connectivity index (χ3v) is 4.84. The standard InChI is InChI=1S/C22H27N3O/c1-5-6-10-23-21(26)14-19-22(18-8-7-16(3)17(4)13-18)24-20-12-15(2)9-11-25(19)20/h7-9,11-13H,5-6,10,14H2,1-4H3,(H,23,26). The molecule has 0 aliphatic rings. The number of pyridine rings is 1. The molecule has 3 rings (SSSR count). The van der Waals surface area contributed by atoms with E-state index in [9.17, 15) is 4.79 Å². The van der Waals surface area contributed by atoms with Gasteiger partial charge in [0, 0.05) is 18.3 Å². The molecule has 3 aromatic rings. The maximum atomic E-state index is 12.4. The molecule has 0 atom stereocenters. The number of hydrogen-bond acceptors (Lipinski definition) is 2. The molecular weight excluding hydrogens is 322 g/mol. The number of unbranched alkanes of at least 4 members (excludes halogenated alkanes) is 1. The smallest absolute Gasteiger partial charge is 0.226 e. The van der Waals surface area contributed by atoms with E-state index in [1.54, 1.807) is 0 Å². The van der Waals surface area contributed by atoms with Crippen molar-refractivity contribution in [2.24, 2.45) is 0 Å². The number of aryl methyl sites for hydroxylation is 3. The first-order valence-electron chi connectivity index (χ1n) is 9.31. The topological polar surface area (TPSA) is 46.4 Å². The van der Waals surface area contributed by atoms with Crippen LogP contribution in [0.2, 0.25) is 0 Å². The SMILES string of the molecule is CCCCNC(=O)Cc1c(-c2ccc(C)c(C)c2)nc2cc(C)ccn12. The summed E-state index contributed by atoms with van der Waals surface area (Å²) in [4.78, 5) is 17.3. The van der Waals surface area contributed by atoms with Crippen LogP contribution in [-0.2, 0) is 11.2 Å². The van der Waals surface area contributed by atoms with Crippen molar-refractivity contribution in [2.75, 3.05) is 6.54 Å². The lowest BCUT2D eigenvalue weighted by Gasteiger charge is -2.08. The Morgan fingerprint density at radius 3 is 2.65 bits per heavy atom. The molecule has 4 heteroatoms. The number of imidazole rings is 1. The van der Waals surface area contributed by atoms with Crippen LogP contribution in [0.5, 0.6) is 0 Å². The Hall–Kier alpha value is -2.62. The number of carbonyl (C=O) groups excluding carboxylic acids is 1. The van der Waals surface area contributed by atoms with Crippen LogP contribution in [0.3, 0.4) is 0 Å². The lowest BCUT2D eigenvalue weighted by Crippen LogP contribution is -2.26. The number of rotatable bonds is 6. The fraction of sp³-hybridized carbons (Fsp3) is 0.364. The van der Waals surface area contributed by atoms with Gasteiger partial charge in [0.1, 0.15) is 5.65 Å². The average molecular weight is 349 g/mol. The molecule has 0 bridgehead atoms. The van der Waals surface area contributed by atoms with Crippen LogP contribution >= 0.6 is 0 Å². The molecule has 136 valence electrons. The van der Waals surface area contributed by atoms with Crippen molar-refractivity contribution in [2.45, 2.75) is 47.0 Å². The van der Waals surface area contributed by atoms with Gasteiger partial charge >= 0.3 is 0 Å². The Morgan fingerprint density at radius 1 is 1.12 bits per heavy atom. The number of aromatic nitrogens is 2. The van der Waals surface area contributed by atoms with Gasteiger partial charge in [-0.15, -0.1) is 0 Å². The van der Waals surface area contributed by atoms with Gasteiger partial charge in [-0.3, -0.25) is 4.79 Å². The summed E-state index contributed by atoms with van der Waals surface area (Å²) in [6.45, 7) is 9.12. The highest BCUT2D eigenvalue weighted by molar-refractivity contribution is 5.81. The molecule has 0 aliphatic heterocycles. The van der Waals surface area contributed by atoms with Crippen molar-refractivity contribution < 1.29 is 4.79 Å². The minimum atomic E-state index is 0.0471. The molecule has 4 nitrogen and oxygen atoms in total. The highest BCUT2D eigenvalue weighted by Crippen LogP contribution is 2.27. The summed E-state index contributed by atoms with van der Waals surface area (Å²) in [7, 11) is 0. The monoisotopic (exact) mass is 349 g/mol. The second-order valence-electron chi connectivity index (χ2n) is 7.02. The number of hydrogen-bond donors (Lipinski definition) is 1. The predicted octanol–water partition coefficient (Wildman–Crippen LogP) is 4.39. The first-order chi connectivity index (χ1) is 12.5. The average Bonchev–Trinajstić information content (AvgIpc) is 2.95. The molecule has 0 aliphatic carbocycles. The number of nitrogens with zero attached hydrogens (tertiary/aromatic N) is 2. The molecule has 0 saturated carbocycles. The van der Waals surface area contributed by atoms with Crippen LogP contribution in [0.1, 0.15) is 42.1 Å². The van der Waals surface area contributed by atoms with Gasteiger partial charge in [-0.25, -0.2) is 4.98 Å². The van der Waals surface area contributed by atoms with E-state index in [1.807, 2.05) is 10.6 Å². The van der Waals surface area contributed by atoms with Crippen molar-refractivity contribution >= 4 is 11.6 Å². The zero-order valence-electron chi connectivity index (χ0n) is 16.1. The maximum Gasteiger partial charge on any atom is 0.226 e. The van der Waals surface area contributed by atoms with Gasteiger partial charge in [-0.05, 0) is 62.1 Å². The first-order valence-corrected chi connectivity index (χ1v) is 9.31. The van der Waals surface area contributed by atoms with Gasteiger partial charge in [0.15, 0.2) is 0 Å². The predicted molar refractivity (Wildman–Crippen MR) is 106 cm³/mol. The van der Waals surface area contributed by atoms with E-state index in [2.05, 4.69) is 63.3 Å². The van der Waals surface area contributed by atoms with E-state index in [1.165, 1.54) is 11.1 Å². The van der Waals surface area contributed by atoms with Gasteiger partial charge in [-0.2, -0.15) is 0 Å². The Labute approximate surface area is 155 Å². The third kappa shape index (κ3) is 3.79. The molecular formula is C22H27N3O. The normalized spacial score (nSPS) is 11.1. The van der Waals surface area contributed by atoms with Crippen LogP contribution in [0.15, 0.2) is 36.5 Å². The summed E-state index contributed by atoms with van der Waals surface area (Å²) < 4.78 is 2.04. The Morgan fingerprint density at radius 2 is 1.92 bits per heavy atom. The van der Waals surface area contributed by atoms with Crippen molar-refractivity contribution in [1.29, 1.82) is 0 Å². The molecule has 0 saturated heterocycles. The summed E-state index contributed by atoms with van der Waals surface area (Å²) in [6.07, 6.45) is 4.41. The van der Waals surface area contributed by atoms with Crippen molar-refractivity contribution in [3.8, 4) is 11.3 Å². The van der Waals surface area contributed by atoms with Crippen molar-refractivity contribution in [3.63, 3.8) is 0 Å². The minimum absolute atomic E-state index is 0.0471. The zero-order valence-corrected chi connectivity index (χ0v) is 16.1. The molecule has 0 radical (unpaired) electrons. The summed E-state index contributed by atoms with van der Waals surface area (Å²) in [5.41, 5.74) is 7.43. The Balaban J connectivity index is 2.03. The number of carbonyl (C=O) groups is 1. The van der Waals surface area contributed by atoms with Gasteiger partial charge in [0.05, 0.1) is 17.8 Å². The van der Waals surface area contributed by atoms with Gasteiger partial charge in [0.25, 0.3) is 0 Å². The molecule has 2 heterocycles. The number of fused-ring (bicyclic) bond motifs is 1. The van der Waals surface area contributed by atoms with Crippen LogP contribution in [-0.4, -0.2) is 21.8 Å². The molecule has 0 spiro atoms. The minimum Gasteiger partial charge on any atom is -0.356 e. The fourth-order valence-electron chi connectivity index (χ4n) is 3.11. The van der Waals surface area contributed by atoms with Crippen molar-refractivity contribution in [1.82, 2.24) is 14.7 Å². The Kier molecular flexibility index (Phi) is 5.40. The largest absolute Gasteiger partial charge is 0.356 e.